The molecule has 0 aromatic rings. The average molecular weight is 166 g/mol. The van der Waals surface area contributed by atoms with Crippen LogP contribution in [0.4, 0.5) is 0 Å². The second-order valence-electron chi connectivity index (χ2n) is 3.08. The third kappa shape index (κ3) is 1.55. The topological polar surface area (TPSA) is 0 Å². The van der Waals surface area contributed by atoms with Crippen LogP contribution in [0.3, 0.4) is 0 Å². The Balaban J connectivity index is 2.51. The van der Waals surface area contributed by atoms with Crippen LogP contribution in [-0.2, 0) is 0 Å². The molecular weight excluding hydrogens is 156 g/mol. The van der Waals surface area contributed by atoms with E-state index in [4.69, 9.17) is 6.42 Å². The monoisotopic (exact) mass is 166 g/mol. The number of rotatable bonds is 0. The van der Waals surface area contributed by atoms with Crippen molar-refractivity contribution in [1.29, 1.82) is 0 Å². The summed E-state index contributed by atoms with van der Waals surface area (Å²) in [7, 11) is 0. The van der Waals surface area contributed by atoms with Gasteiger partial charge in [0.05, 0.1) is 0 Å². The molecule has 0 heterocycles. The number of allylic oxidation sites excluding steroid dienone is 10. The molecule has 13 heavy (non-hydrogen) atoms. The van der Waals surface area contributed by atoms with Gasteiger partial charge >= 0.3 is 0 Å². The molecule has 0 nitrogen and oxygen atoms in total. The van der Waals surface area contributed by atoms with Crippen LogP contribution in [0.15, 0.2) is 59.3 Å². The average Bonchev–Trinajstić information content (AvgIpc) is 2.49. The third-order valence-electron chi connectivity index (χ3n) is 2.19. The third-order valence-corrected chi connectivity index (χ3v) is 2.19. The Kier molecular flexibility index (Phi) is 2.02. The summed E-state index contributed by atoms with van der Waals surface area (Å²) in [6.45, 7) is 0. The summed E-state index contributed by atoms with van der Waals surface area (Å²) in [5.74, 6) is 2.71. The summed E-state index contributed by atoms with van der Waals surface area (Å²) in [6, 6.07) is 0. The zero-order chi connectivity index (χ0) is 9.10. The molecule has 0 radical (unpaired) electrons. The number of hydrogen-bond donors (Lipinski definition) is 0. The van der Waals surface area contributed by atoms with E-state index >= 15 is 0 Å². The summed E-state index contributed by atoms with van der Waals surface area (Å²) in [5.41, 5.74) is 3.53. The van der Waals surface area contributed by atoms with Gasteiger partial charge in [0.2, 0.25) is 0 Å². The first-order chi connectivity index (χ1) is 6.40. The highest BCUT2D eigenvalue weighted by molar-refractivity contribution is 5.54. The van der Waals surface area contributed by atoms with E-state index in [1.807, 2.05) is 24.3 Å². The van der Waals surface area contributed by atoms with Crippen molar-refractivity contribution in [3.63, 3.8) is 0 Å². The summed E-state index contributed by atoms with van der Waals surface area (Å²) >= 11 is 0. The molecule has 2 aliphatic rings. The summed E-state index contributed by atoms with van der Waals surface area (Å²) in [5, 5.41) is 0. The molecule has 0 aromatic carbocycles. The maximum atomic E-state index is 5.42. The van der Waals surface area contributed by atoms with E-state index < -0.39 is 0 Å². The second kappa shape index (κ2) is 3.33. The normalized spacial score (nSPS) is 19.2. The Morgan fingerprint density at radius 2 is 1.92 bits per heavy atom. The zero-order valence-corrected chi connectivity index (χ0v) is 7.33. The van der Waals surface area contributed by atoms with Gasteiger partial charge < -0.3 is 0 Å². The van der Waals surface area contributed by atoms with Crippen LogP contribution in [0.1, 0.15) is 6.42 Å². The van der Waals surface area contributed by atoms with Crippen molar-refractivity contribution in [3.8, 4) is 12.3 Å². The minimum absolute atomic E-state index is 0.944. The van der Waals surface area contributed by atoms with Crippen LogP contribution in [0.5, 0.6) is 0 Å². The highest BCUT2D eigenvalue weighted by Gasteiger charge is 2.07. The van der Waals surface area contributed by atoms with E-state index in [1.54, 1.807) is 0 Å². The zero-order valence-electron chi connectivity index (χ0n) is 7.33. The van der Waals surface area contributed by atoms with Crippen molar-refractivity contribution in [3.05, 3.63) is 59.3 Å². The molecule has 0 saturated heterocycles. The molecule has 0 saturated carbocycles. The molecule has 0 fully saturated rings. The van der Waals surface area contributed by atoms with Gasteiger partial charge in [-0.2, -0.15) is 0 Å². The molecule has 2 bridgehead atoms. The lowest BCUT2D eigenvalue weighted by molar-refractivity contribution is 1.20. The Morgan fingerprint density at radius 3 is 2.77 bits per heavy atom. The maximum absolute atomic E-state index is 5.42. The lowest BCUT2D eigenvalue weighted by Gasteiger charge is -2.02. The van der Waals surface area contributed by atoms with Gasteiger partial charge in [-0.3, -0.25) is 0 Å². The van der Waals surface area contributed by atoms with Crippen LogP contribution in [0.2, 0.25) is 0 Å². The van der Waals surface area contributed by atoms with Crippen LogP contribution in [0, 0.1) is 12.3 Å². The first-order valence-corrected chi connectivity index (χ1v) is 4.32. The molecule has 0 N–H and O–H groups in total. The molecule has 0 amide bonds. The van der Waals surface area contributed by atoms with Gasteiger partial charge in [-0.25, -0.2) is 0 Å². The van der Waals surface area contributed by atoms with Crippen LogP contribution < -0.4 is 0 Å². The molecule has 0 atom stereocenters. The van der Waals surface area contributed by atoms with Gasteiger partial charge in [-0.05, 0) is 23.6 Å². The maximum Gasteiger partial charge on any atom is 0.0277 e. The largest absolute Gasteiger partial charge is 0.115 e. The molecule has 0 heteroatoms. The smallest absolute Gasteiger partial charge is 0.0277 e. The molecule has 0 aromatic heterocycles. The van der Waals surface area contributed by atoms with Gasteiger partial charge in [-0.15, -0.1) is 6.42 Å². The summed E-state index contributed by atoms with van der Waals surface area (Å²) < 4.78 is 0. The van der Waals surface area contributed by atoms with Crippen molar-refractivity contribution in [2.45, 2.75) is 6.42 Å². The molecule has 0 aliphatic heterocycles. The highest BCUT2D eigenvalue weighted by atomic mass is 14.1. The van der Waals surface area contributed by atoms with Gasteiger partial charge in [0.25, 0.3) is 0 Å². The predicted molar refractivity (Wildman–Crippen MR) is 56.0 cm³/mol. The fraction of sp³-hybridized carbons (Fsp3) is 0.0769. The molecule has 62 valence electrons. The van der Waals surface area contributed by atoms with Crippen LogP contribution in [-0.4, -0.2) is 0 Å². The summed E-state index contributed by atoms with van der Waals surface area (Å²) in [4.78, 5) is 0. The first-order valence-electron chi connectivity index (χ1n) is 4.32. The summed E-state index contributed by atoms with van der Waals surface area (Å²) in [6.07, 6.45) is 20.8. The van der Waals surface area contributed by atoms with Crippen molar-refractivity contribution >= 4 is 0 Å². The van der Waals surface area contributed by atoms with Crippen molar-refractivity contribution < 1.29 is 0 Å². The molecular formula is C13H10. The molecule has 2 rings (SSSR count). The number of fused-ring (bicyclic) bond motifs is 2. The highest BCUT2D eigenvalue weighted by Crippen LogP contribution is 2.24. The molecule has 2 aliphatic carbocycles. The fourth-order valence-electron chi connectivity index (χ4n) is 1.50. The van der Waals surface area contributed by atoms with E-state index in [1.165, 1.54) is 11.1 Å². The van der Waals surface area contributed by atoms with E-state index in [-0.39, 0.29) is 0 Å². The minimum atomic E-state index is 0.944. The van der Waals surface area contributed by atoms with Gasteiger partial charge in [0, 0.05) is 5.57 Å². The second-order valence-corrected chi connectivity index (χ2v) is 3.08. The Bertz CT molecular complexity index is 404. The minimum Gasteiger partial charge on any atom is -0.115 e. The Hall–Kier alpha value is -1.74. The molecule has 0 spiro atoms. The van der Waals surface area contributed by atoms with E-state index in [0.717, 1.165) is 12.0 Å². The quantitative estimate of drug-likeness (QED) is 0.485. The van der Waals surface area contributed by atoms with Gasteiger partial charge in [-0.1, -0.05) is 42.4 Å². The van der Waals surface area contributed by atoms with E-state index in [0.29, 0.717) is 0 Å². The number of terminal acetylenes is 1. The number of hydrogen-bond acceptors (Lipinski definition) is 0. The Morgan fingerprint density at radius 1 is 1.08 bits per heavy atom. The van der Waals surface area contributed by atoms with Crippen LogP contribution in [0.25, 0.3) is 0 Å². The SMILES string of the molecule is C#CC1=CC=CC2=CC=CC=C1C2. The predicted octanol–water partition coefficient (Wildman–Crippen LogP) is 2.93. The van der Waals surface area contributed by atoms with E-state index in [9.17, 15) is 0 Å². The standard InChI is InChI=1S/C13H10/c1-2-12-9-5-7-11-6-3-4-8-13(12)10-11/h1,3-9H,10H2. The van der Waals surface area contributed by atoms with Gasteiger partial charge in [0.15, 0.2) is 0 Å². The lowest BCUT2D eigenvalue weighted by Crippen LogP contribution is -1.86. The Labute approximate surface area is 78.7 Å². The lowest BCUT2D eigenvalue weighted by atomic mass is 10.0. The van der Waals surface area contributed by atoms with Crippen molar-refractivity contribution in [2.24, 2.45) is 0 Å². The van der Waals surface area contributed by atoms with Crippen molar-refractivity contribution in [2.75, 3.05) is 0 Å². The van der Waals surface area contributed by atoms with Gasteiger partial charge in [0.1, 0.15) is 0 Å². The van der Waals surface area contributed by atoms with E-state index in [2.05, 4.69) is 24.1 Å². The van der Waals surface area contributed by atoms with Crippen molar-refractivity contribution in [1.82, 2.24) is 0 Å². The van der Waals surface area contributed by atoms with Crippen LogP contribution >= 0.6 is 0 Å². The fourth-order valence-corrected chi connectivity index (χ4v) is 1.50. The first kappa shape index (κ1) is 7.89. The molecule has 0 unspecified atom stereocenters.